The number of hydrogen-bond acceptors (Lipinski definition) is 5. The van der Waals surface area contributed by atoms with Gasteiger partial charge in [0.15, 0.2) is 0 Å². The van der Waals surface area contributed by atoms with E-state index >= 15 is 0 Å². The number of nitrogens with one attached hydrogen (secondary N) is 1. The zero-order chi connectivity index (χ0) is 29.7. The summed E-state index contributed by atoms with van der Waals surface area (Å²) in [4.78, 5) is 43.1. The van der Waals surface area contributed by atoms with E-state index in [1.807, 2.05) is 0 Å². The van der Waals surface area contributed by atoms with Crippen LogP contribution in [0.5, 0.6) is 0 Å². The lowest BCUT2D eigenvalue weighted by Crippen LogP contribution is -2.36. The van der Waals surface area contributed by atoms with Gasteiger partial charge in [-0.2, -0.15) is 0 Å². The highest BCUT2D eigenvalue weighted by Gasteiger charge is 2.37. The molecule has 37 heavy (non-hydrogen) atoms. The number of rotatable bonds is 13. The molecule has 1 aliphatic heterocycles. The number of amides is 1. The van der Waals surface area contributed by atoms with E-state index in [4.69, 9.17) is 5.11 Å². The smallest absolute Gasteiger partial charge is 0.220 e. The summed E-state index contributed by atoms with van der Waals surface area (Å²) in [6.45, 7) is 22.0. The number of carbonyl (C=O) groups excluding carboxylic acids is 4. The second-order valence-corrected chi connectivity index (χ2v) is 12.3. The van der Waals surface area contributed by atoms with Crippen molar-refractivity contribution >= 4 is 23.3 Å². The second kappa shape index (κ2) is 21.4. The van der Waals surface area contributed by atoms with Crippen molar-refractivity contribution in [1.29, 1.82) is 0 Å². The van der Waals surface area contributed by atoms with Crippen LogP contribution >= 0.6 is 0 Å². The number of carbonyl (C=O) groups is 4. The molecule has 0 aromatic heterocycles. The molecular weight excluding hydrogens is 466 g/mol. The zero-order valence-electron chi connectivity index (χ0n) is 26.3. The standard InChI is InChI=1S/C13H26O.C8H16O.C6H12O2.C4H7NO/c1-7-9-12(3,4)11(14)13(5,6)10-8-2;1-3-4-5-6-7-8(2)9;1-5(7)4-6(2,3)8;6-4-2-1-3-5-4/h7-10H2,1-6H3;3-7H2,1-2H3;8H,4H2,1-3H3;1-3H2,(H,5,6). The third-order valence-corrected chi connectivity index (χ3v) is 5.95. The Morgan fingerprint density at radius 2 is 1.27 bits per heavy atom. The maximum absolute atomic E-state index is 12.3. The fraction of sp³-hybridized carbons (Fsp3) is 0.871. The maximum atomic E-state index is 12.3. The quantitative estimate of drug-likeness (QED) is 0.243. The van der Waals surface area contributed by atoms with Gasteiger partial charge in [-0.05, 0) is 53.4 Å². The first kappa shape index (κ1) is 39.9. The summed E-state index contributed by atoms with van der Waals surface area (Å²) in [5.74, 6) is 0.979. The minimum Gasteiger partial charge on any atom is -0.390 e. The number of aliphatic hydroxyl groups is 1. The Labute approximate surface area is 229 Å². The van der Waals surface area contributed by atoms with E-state index in [1.165, 1.54) is 26.2 Å². The van der Waals surface area contributed by atoms with Crippen LogP contribution in [0.2, 0.25) is 0 Å². The van der Waals surface area contributed by atoms with Crippen LogP contribution in [0.25, 0.3) is 0 Å². The van der Waals surface area contributed by atoms with Crippen molar-refractivity contribution in [3.63, 3.8) is 0 Å². The van der Waals surface area contributed by atoms with Gasteiger partial charge in [-0.1, -0.05) is 80.6 Å². The number of hydrogen-bond donors (Lipinski definition) is 2. The van der Waals surface area contributed by atoms with E-state index in [9.17, 15) is 19.2 Å². The molecule has 0 bridgehead atoms. The first-order chi connectivity index (χ1) is 16.9. The predicted octanol–water partition coefficient (Wildman–Crippen LogP) is 7.39. The summed E-state index contributed by atoms with van der Waals surface area (Å²) >= 11 is 0. The maximum Gasteiger partial charge on any atom is 0.220 e. The molecule has 1 rings (SSSR count). The van der Waals surface area contributed by atoms with Gasteiger partial charge in [0.1, 0.15) is 17.3 Å². The highest BCUT2D eigenvalue weighted by molar-refractivity contribution is 5.89. The lowest BCUT2D eigenvalue weighted by molar-refractivity contribution is -0.136. The van der Waals surface area contributed by atoms with Crippen molar-refractivity contribution in [1.82, 2.24) is 5.32 Å². The number of Topliss-reactive ketones (excluding diaryl/α,β-unsaturated/α-hetero) is 3. The van der Waals surface area contributed by atoms with Crippen molar-refractivity contribution in [3.05, 3.63) is 0 Å². The van der Waals surface area contributed by atoms with Crippen LogP contribution in [0.15, 0.2) is 0 Å². The highest BCUT2D eigenvalue weighted by atomic mass is 16.3. The third kappa shape index (κ3) is 27.3. The van der Waals surface area contributed by atoms with Gasteiger partial charge in [0.2, 0.25) is 5.91 Å². The van der Waals surface area contributed by atoms with E-state index in [-0.39, 0.29) is 28.9 Å². The number of ketones is 3. The van der Waals surface area contributed by atoms with Gasteiger partial charge in [-0.15, -0.1) is 0 Å². The van der Waals surface area contributed by atoms with E-state index in [0.717, 1.165) is 57.9 Å². The second-order valence-electron chi connectivity index (χ2n) is 12.3. The molecule has 0 aromatic carbocycles. The van der Waals surface area contributed by atoms with Crippen LogP contribution in [0.4, 0.5) is 0 Å². The molecule has 0 aliphatic carbocycles. The van der Waals surface area contributed by atoms with E-state index in [2.05, 4.69) is 53.8 Å². The van der Waals surface area contributed by atoms with E-state index in [0.29, 0.717) is 11.6 Å². The molecule has 0 atom stereocenters. The van der Waals surface area contributed by atoms with Crippen LogP contribution < -0.4 is 5.32 Å². The molecule has 6 nitrogen and oxygen atoms in total. The van der Waals surface area contributed by atoms with Gasteiger partial charge >= 0.3 is 0 Å². The SMILES string of the molecule is CC(=O)CC(C)(C)O.CCCC(C)(C)C(=O)C(C)(C)CCC.CCCCCCC(C)=O.O=C1CCCN1. The fourth-order valence-electron chi connectivity index (χ4n) is 4.37. The van der Waals surface area contributed by atoms with Crippen LogP contribution in [0.1, 0.15) is 153 Å². The zero-order valence-corrected chi connectivity index (χ0v) is 26.3. The molecule has 1 saturated heterocycles. The van der Waals surface area contributed by atoms with Crippen LogP contribution in [-0.4, -0.2) is 40.5 Å². The largest absolute Gasteiger partial charge is 0.390 e. The van der Waals surface area contributed by atoms with Gasteiger partial charge in [0.05, 0.1) is 5.60 Å². The Morgan fingerprint density at radius 3 is 1.49 bits per heavy atom. The van der Waals surface area contributed by atoms with E-state index in [1.54, 1.807) is 20.8 Å². The van der Waals surface area contributed by atoms with Crippen molar-refractivity contribution in [3.8, 4) is 0 Å². The molecule has 1 heterocycles. The molecule has 0 saturated carbocycles. The molecule has 0 spiro atoms. The van der Waals surface area contributed by atoms with Gasteiger partial charge in [-0.25, -0.2) is 0 Å². The molecule has 1 amide bonds. The van der Waals surface area contributed by atoms with Gasteiger partial charge in [-0.3, -0.25) is 14.4 Å². The minimum absolute atomic E-state index is 0.0255. The average Bonchev–Trinajstić information content (AvgIpc) is 3.21. The molecule has 1 fully saturated rings. The molecule has 6 heteroatoms. The average molecular weight is 528 g/mol. The summed E-state index contributed by atoms with van der Waals surface area (Å²) < 4.78 is 0. The Bertz CT molecular complexity index is 616. The monoisotopic (exact) mass is 527 g/mol. The Morgan fingerprint density at radius 1 is 0.784 bits per heavy atom. The molecule has 1 aliphatic rings. The molecule has 0 aromatic rings. The summed E-state index contributed by atoms with van der Waals surface area (Å²) in [5.41, 5.74) is -1.12. The summed E-state index contributed by atoms with van der Waals surface area (Å²) in [7, 11) is 0. The Kier molecular flexibility index (Phi) is 23.1. The Hall–Kier alpha value is -1.56. The minimum atomic E-state index is -0.828. The number of unbranched alkanes of at least 4 members (excludes halogenated alkanes) is 3. The fourth-order valence-corrected chi connectivity index (χ4v) is 4.37. The third-order valence-electron chi connectivity index (χ3n) is 5.95. The van der Waals surface area contributed by atoms with Crippen molar-refractivity contribution in [2.45, 2.75) is 159 Å². The summed E-state index contributed by atoms with van der Waals surface area (Å²) in [5, 5.41) is 11.6. The normalized spacial score (nSPS) is 13.1. The van der Waals surface area contributed by atoms with E-state index < -0.39 is 5.60 Å². The van der Waals surface area contributed by atoms with Gasteiger partial charge in [0.25, 0.3) is 0 Å². The summed E-state index contributed by atoms with van der Waals surface area (Å²) in [6, 6.07) is 0. The molecule has 0 unspecified atom stereocenters. The van der Waals surface area contributed by atoms with Crippen LogP contribution in [-0.2, 0) is 19.2 Å². The van der Waals surface area contributed by atoms with Crippen LogP contribution in [0, 0.1) is 10.8 Å². The van der Waals surface area contributed by atoms with Crippen molar-refractivity contribution in [2.24, 2.45) is 10.8 Å². The first-order valence-electron chi connectivity index (χ1n) is 14.4. The highest BCUT2D eigenvalue weighted by Crippen LogP contribution is 2.35. The molecule has 220 valence electrons. The van der Waals surface area contributed by atoms with Crippen molar-refractivity contribution in [2.75, 3.05) is 6.54 Å². The molecule has 2 N–H and O–H groups in total. The topological polar surface area (TPSA) is 101 Å². The van der Waals surface area contributed by atoms with Crippen molar-refractivity contribution < 1.29 is 24.3 Å². The van der Waals surface area contributed by atoms with Gasteiger partial charge < -0.3 is 15.2 Å². The molecule has 0 radical (unpaired) electrons. The summed E-state index contributed by atoms with van der Waals surface area (Å²) in [6.07, 6.45) is 11.8. The Balaban J connectivity index is -0.000000437. The van der Waals surface area contributed by atoms with Gasteiger partial charge in [0, 0.05) is 36.6 Å². The predicted molar refractivity (Wildman–Crippen MR) is 156 cm³/mol. The lowest BCUT2D eigenvalue weighted by atomic mass is 9.70. The van der Waals surface area contributed by atoms with Crippen LogP contribution in [0.3, 0.4) is 0 Å². The first-order valence-corrected chi connectivity index (χ1v) is 14.4. The lowest BCUT2D eigenvalue weighted by Gasteiger charge is -2.33. The molecular formula is C31H61NO5.